The molecule has 12 heteroatoms. The van der Waals surface area contributed by atoms with Crippen molar-refractivity contribution in [3.05, 3.63) is 57.5 Å². The molecule has 0 fully saturated rings. The van der Waals surface area contributed by atoms with E-state index in [2.05, 4.69) is 4.99 Å². The van der Waals surface area contributed by atoms with E-state index in [1.54, 1.807) is 24.1 Å². The zero-order chi connectivity index (χ0) is 25.0. The molecule has 34 heavy (non-hydrogen) atoms. The van der Waals surface area contributed by atoms with Gasteiger partial charge in [-0.25, -0.2) is 0 Å². The summed E-state index contributed by atoms with van der Waals surface area (Å²) in [6.07, 6.45) is -4.10. The minimum atomic E-state index is -4.67. The van der Waals surface area contributed by atoms with Crippen LogP contribution in [0.1, 0.15) is 11.1 Å². The zero-order valence-electron chi connectivity index (χ0n) is 18.0. The van der Waals surface area contributed by atoms with Crippen molar-refractivity contribution in [2.24, 2.45) is 4.99 Å². The fourth-order valence-electron chi connectivity index (χ4n) is 2.95. The molecule has 0 aromatic heterocycles. The summed E-state index contributed by atoms with van der Waals surface area (Å²) in [5.41, 5.74) is -0.497. The first-order valence-corrected chi connectivity index (χ1v) is 11.0. The second-order valence-corrected chi connectivity index (χ2v) is 8.62. The van der Waals surface area contributed by atoms with E-state index in [4.69, 9.17) is 26.2 Å². The number of amidine groups is 1. The van der Waals surface area contributed by atoms with Crippen LogP contribution in [0.4, 0.5) is 13.2 Å². The number of hydrogen-bond acceptors (Lipinski definition) is 7. The van der Waals surface area contributed by atoms with E-state index in [1.807, 2.05) is 0 Å². The third kappa shape index (κ3) is 6.23. The van der Waals surface area contributed by atoms with Crippen LogP contribution in [-0.2, 0) is 11.0 Å². The van der Waals surface area contributed by atoms with Gasteiger partial charge >= 0.3 is 6.18 Å². The Labute approximate surface area is 202 Å². The van der Waals surface area contributed by atoms with Crippen LogP contribution in [0.2, 0.25) is 5.02 Å². The van der Waals surface area contributed by atoms with Gasteiger partial charge in [0.2, 0.25) is 0 Å². The Balaban J connectivity index is 1.82. The standard InChI is InChI=1S/C22H20ClF3N2O5S/c1-28(10-14(30)11-29)21-27-20(31)19(34-21)8-12-3-5-17(18(7-12)32-2)33-16-6-4-13(23)9-15(16)22(24,25)26/h3-9,14,29-30H,10-11H2,1-2H3. The average molecular weight is 517 g/mol. The molecule has 1 atom stereocenters. The molecule has 0 bridgehead atoms. The van der Waals surface area contributed by atoms with Gasteiger partial charge in [-0.05, 0) is 53.7 Å². The first-order valence-electron chi connectivity index (χ1n) is 9.77. The van der Waals surface area contributed by atoms with E-state index in [0.29, 0.717) is 15.6 Å². The largest absolute Gasteiger partial charge is 0.493 e. The van der Waals surface area contributed by atoms with E-state index in [0.717, 1.165) is 23.9 Å². The molecule has 0 radical (unpaired) electrons. The molecule has 2 aromatic rings. The fourth-order valence-corrected chi connectivity index (χ4v) is 4.01. The monoisotopic (exact) mass is 516 g/mol. The molecular weight excluding hydrogens is 497 g/mol. The lowest BCUT2D eigenvalue weighted by Gasteiger charge is -2.20. The van der Waals surface area contributed by atoms with Crippen molar-refractivity contribution in [3.8, 4) is 17.2 Å². The molecule has 0 spiro atoms. The van der Waals surface area contributed by atoms with Crippen LogP contribution in [0.5, 0.6) is 17.2 Å². The van der Waals surface area contributed by atoms with Crippen molar-refractivity contribution in [1.82, 2.24) is 4.90 Å². The van der Waals surface area contributed by atoms with Gasteiger partial charge in [-0.2, -0.15) is 18.2 Å². The highest BCUT2D eigenvalue weighted by Crippen LogP contribution is 2.42. The number of amides is 1. The number of thioether (sulfide) groups is 1. The molecular formula is C22H20ClF3N2O5S. The Morgan fingerprint density at radius 2 is 1.91 bits per heavy atom. The molecule has 0 saturated heterocycles. The van der Waals surface area contributed by atoms with E-state index in [-0.39, 0.29) is 23.1 Å². The molecule has 182 valence electrons. The molecule has 3 rings (SSSR count). The van der Waals surface area contributed by atoms with Crippen LogP contribution in [0.15, 0.2) is 46.3 Å². The highest BCUT2D eigenvalue weighted by atomic mass is 35.5. The summed E-state index contributed by atoms with van der Waals surface area (Å²) in [6, 6.07) is 7.68. The van der Waals surface area contributed by atoms with Gasteiger partial charge in [-0.1, -0.05) is 17.7 Å². The number of likely N-dealkylation sites (N-methyl/N-ethyl adjacent to an activating group) is 1. The van der Waals surface area contributed by atoms with Crippen LogP contribution in [0.3, 0.4) is 0 Å². The maximum atomic E-state index is 13.4. The minimum absolute atomic E-state index is 0.0394. The lowest BCUT2D eigenvalue weighted by Crippen LogP contribution is -2.33. The number of aliphatic hydroxyl groups excluding tert-OH is 2. The third-order valence-electron chi connectivity index (χ3n) is 4.58. The Hall–Kier alpha value is -2.73. The number of halogens is 4. The minimum Gasteiger partial charge on any atom is -0.493 e. The van der Waals surface area contributed by atoms with Gasteiger partial charge in [-0.15, -0.1) is 0 Å². The van der Waals surface area contributed by atoms with Crippen molar-refractivity contribution in [1.29, 1.82) is 0 Å². The summed E-state index contributed by atoms with van der Waals surface area (Å²) in [5.74, 6) is -0.732. The van der Waals surface area contributed by atoms with Crippen LogP contribution < -0.4 is 9.47 Å². The van der Waals surface area contributed by atoms with Crippen LogP contribution in [0.25, 0.3) is 6.08 Å². The first kappa shape index (κ1) is 25.9. The van der Waals surface area contributed by atoms with Gasteiger partial charge < -0.3 is 24.6 Å². The summed E-state index contributed by atoms with van der Waals surface area (Å²) in [4.78, 5) is 18.1. The van der Waals surface area contributed by atoms with E-state index < -0.39 is 36.1 Å². The highest BCUT2D eigenvalue weighted by molar-refractivity contribution is 8.18. The fraction of sp³-hybridized carbons (Fsp3) is 0.273. The van der Waals surface area contributed by atoms with Crippen LogP contribution >= 0.6 is 23.4 Å². The number of aliphatic hydroxyl groups is 2. The second kappa shape index (κ2) is 10.7. The van der Waals surface area contributed by atoms with Crippen molar-refractivity contribution >= 4 is 40.5 Å². The molecule has 0 aliphatic carbocycles. The van der Waals surface area contributed by atoms with Crippen molar-refractivity contribution in [3.63, 3.8) is 0 Å². The molecule has 1 aliphatic heterocycles. The maximum absolute atomic E-state index is 13.4. The first-order chi connectivity index (χ1) is 16.0. The molecule has 1 aliphatic rings. The van der Waals surface area contributed by atoms with Crippen LogP contribution in [0, 0.1) is 0 Å². The number of aliphatic imine (C=N–C) groups is 1. The van der Waals surface area contributed by atoms with E-state index in [1.165, 1.54) is 25.3 Å². The molecule has 2 N–H and O–H groups in total. The van der Waals surface area contributed by atoms with Crippen molar-refractivity contribution in [2.45, 2.75) is 12.3 Å². The third-order valence-corrected chi connectivity index (χ3v) is 5.92. The number of alkyl halides is 3. The Morgan fingerprint density at radius 3 is 2.56 bits per heavy atom. The summed E-state index contributed by atoms with van der Waals surface area (Å²) in [5, 5.41) is 18.8. The molecule has 7 nitrogen and oxygen atoms in total. The zero-order valence-corrected chi connectivity index (χ0v) is 19.5. The summed E-state index contributed by atoms with van der Waals surface area (Å²) < 4.78 is 50.9. The SMILES string of the molecule is COc1cc(C=C2SC(N(C)CC(O)CO)=NC2=O)ccc1Oc1ccc(Cl)cc1C(F)(F)F. The molecule has 1 amide bonds. The average Bonchev–Trinajstić information content (AvgIpc) is 3.15. The predicted molar refractivity (Wildman–Crippen MR) is 123 cm³/mol. The Morgan fingerprint density at radius 1 is 1.21 bits per heavy atom. The Bertz CT molecular complexity index is 1140. The lowest BCUT2D eigenvalue weighted by molar-refractivity contribution is -0.138. The van der Waals surface area contributed by atoms with Gasteiger partial charge in [0.1, 0.15) is 5.75 Å². The smallest absolute Gasteiger partial charge is 0.420 e. The summed E-state index contributed by atoms with van der Waals surface area (Å²) in [6.45, 7) is -0.332. The predicted octanol–water partition coefficient (Wildman–Crippen LogP) is 4.42. The van der Waals surface area contributed by atoms with Gasteiger partial charge in [0.25, 0.3) is 5.91 Å². The second-order valence-electron chi connectivity index (χ2n) is 7.18. The van der Waals surface area contributed by atoms with Gasteiger partial charge in [0.15, 0.2) is 16.7 Å². The summed E-state index contributed by atoms with van der Waals surface area (Å²) in [7, 11) is 2.96. The van der Waals surface area contributed by atoms with E-state index >= 15 is 0 Å². The van der Waals surface area contributed by atoms with Crippen molar-refractivity contribution in [2.75, 3.05) is 27.3 Å². The lowest BCUT2D eigenvalue weighted by atomic mass is 10.1. The van der Waals surface area contributed by atoms with Gasteiger partial charge in [0.05, 0.1) is 30.3 Å². The normalized spacial score (nSPS) is 15.9. The Kier molecular flexibility index (Phi) is 8.13. The number of hydrogen-bond donors (Lipinski definition) is 2. The van der Waals surface area contributed by atoms with E-state index in [9.17, 15) is 23.1 Å². The molecule has 2 aromatic carbocycles. The number of benzene rings is 2. The molecule has 0 saturated carbocycles. The number of carbonyl (C=O) groups excluding carboxylic acids is 1. The quantitative estimate of drug-likeness (QED) is 0.526. The highest BCUT2D eigenvalue weighted by Gasteiger charge is 2.35. The summed E-state index contributed by atoms with van der Waals surface area (Å²) >= 11 is 6.79. The number of nitrogens with zero attached hydrogens (tertiary/aromatic N) is 2. The van der Waals surface area contributed by atoms with Crippen molar-refractivity contribution < 1.29 is 37.7 Å². The number of rotatable bonds is 7. The molecule has 1 unspecified atom stereocenters. The number of methoxy groups -OCH3 is 1. The maximum Gasteiger partial charge on any atom is 0.420 e. The number of ether oxygens (including phenoxy) is 2. The van der Waals surface area contributed by atoms with Gasteiger partial charge in [0, 0.05) is 18.6 Å². The van der Waals surface area contributed by atoms with Gasteiger partial charge in [-0.3, -0.25) is 4.79 Å². The number of carbonyl (C=O) groups is 1. The topological polar surface area (TPSA) is 91.6 Å². The van der Waals surface area contributed by atoms with Crippen LogP contribution in [-0.4, -0.2) is 59.6 Å². The molecule has 1 heterocycles.